The summed E-state index contributed by atoms with van der Waals surface area (Å²) in [6.07, 6.45) is 3.53. The molecule has 1 N–H and O–H groups in total. The van der Waals surface area contributed by atoms with Gasteiger partial charge in [0.25, 0.3) is 0 Å². The van der Waals surface area contributed by atoms with Gasteiger partial charge in [-0.05, 0) is 0 Å². The molecule has 1 aromatic heterocycles. The maximum atomic E-state index is 4.98. The smallest absolute Gasteiger partial charge is 0.231 e. The molecular formula is C5H5NO2. The van der Waals surface area contributed by atoms with Crippen molar-refractivity contribution in [3.63, 3.8) is 0 Å². The van der Waals surface area contributed by atoms with E-state index in [-0.39, 0.29) is 0 Å². The van der Waals surface area contributed by atoms with E-state index in [9.17, 15) is 0 Å². The first-order chi connectivity index (χ1) is 3.97. The van der Waals surface area contributed by atoms with Crippen molar-refractivity contribution in [3.8, 4) is 11.5 Å². The van der Waals surface area contributed by atoms with Crippen molar-refractivity contribution in [2.24, 2.45) is 0 Å². The van der Waals surface area contributed by atoms with Crippen LogP contribution in [0.25, 0.3) is 0 Å². The van der Waals surface area contributed by atoms with Gasteiger partial charge in [-0.1, -0.05) is 0 Å². The Labute approximate surface area is 46.2 Å². The van der Waals surface area contributed by atoms with Crippen molar-refractivity contribution in [2.75, 3.05) is 6.79 Å². The number of rotatable bonds is 0. The molecule has 0 saturated heterocycles. The first kappa shape index (κ1) is 3.83. The molecule has 0 aliphatic carbocycles. The fourth-order valence-corrected chi connectivity index (χ4v) is 0.717. The van der Waals surface area contributed by atoms with Crippen LogP contribution in [0, 0.1) is 0 Å². The van der Waals surface area contributed by atoms with Crippen LogP contribution in [0.3, 0.4) is 0 Å². The highest BCUT2D eigenvalue weighted by atomic mass is 16.7. The number of fused-ring (bicyclic) bond motifs is 1. The van der Waals surface area contributed by atoms with Crippen LogP contribution in [0.4, 0.5) is 0 Å². The number of ether oxygens (including phenoxy) is 2. The minimum atomic E-state index is 0.360. The van der Waals surface area contributed by atoms with E-state index >= 15 is 0 Å². The minimum Gasteiger partial charge on any atom is -0.452 e. The van der Waals surface area contributed by atoms with E-state index < -0.39 is 0 Å². The van der Waals surface area contributed by atoms with Gasteiger partial charge in [-0.3, -0.25) is 0 Å². The van der Waals surface area contributed by atoms with E-state index in [1.807, 2.05) is 0 Å². The molecule has 1 aliphatic rings. The molecule has 2 heterocycles. The summed E-state index contributed by atoms with van der Waals surface area (Å²) in [7, 11) is 0. The molecule has 3 heteroatoms. The summed E-state index contributed by atoms with van der Waals surface area (Å²) < 4.78 is 9.97. The predicted molar refractivity (Wildman–Crippen MR) is 26.9 cm³/mol. The van der Waals surface area contributed by atoms with Gasteiger partial charge in [0.2, 0.25) is 6.79 Å². The first-order valence-electron chi connectivity index (χ1n) is 2.39. The second kappa shape index (κ2) is 1.18. The molecule has 0 radical (unpaired) electrons. The molecule has 0 bridgehead atoms. The Morgan fingerprint density at radius 3 is 2.50 bits per heavy atom. The minimum absolute atomic E-state index is 0.360. The summed E-state index contributed by atoms with van der Waals surface area (Å²) in [5, 5.41) is 0. The molecule has 2 rings (SSSR count). The van der Waals surface area contributed by atoms with Gasteiger partial charge in [0.05, 0.1) is 0 Å². The Kier molecular flexibility index (Phi) is 0.566. The maximum absolute atomic E-state index is 4.98. The summed E-state index contributed by atoms with van der Waals surface area (Å²) in [6.45, 7) is 0.360. The van der Waals surface area contributed by atoms with Crippen LogP contribution in [0.1, 0.15) is 0 Å². The molecule has 42 valence electrons. The average Bonchev–Trinajstić information content (AvgIpc) is 2.15. The molecule has 0 spiro atoms. The summed E-state index contributed by atoms with van der Waals surface area (Å²) >= 11 is 0. The number of H-pyrrole nitrogens is 1. The van der Waals surface area contributed by atoms with Crippen LogP contribution in [0.2, 0.25) is 0 Å². The molecule has 0 unspecified atom stereocenters. The van der Waals surface area contributed by atoms with E-state index in [4.69, 9.17) is 9.47 Å². The highest BCUT2D eigenvalue weighted by molar-refractivity contribution is 5.38. The van der Waals surface area contributed by atoms with Gasteiger partial charge >= 0.3 is 0 Å². The van der Waals surface area contributed by atoms with Gasteiger partial charge in [0.1, 0.15) is 0 Å². The average molecular weight is 111 g/mol. The summed E-state index contributed by atoms with van der Waals surface area (Å²) in [5.74, 6) is 1.62. The van der Waals surface area contributed by atoms with Gasteiger partial charge in [0.15, 0.2) is 11.5 Å². The fourth-order valence-electron chi connectivity index (χ4n) is 0.717. The van der Waals surface area contributed by atoms with Crippen molar-refractivity contribution in [1.29, 1.82) is 0 Å². The number of hydrogen-bond donors (Lipinski definition) is 1. The van der Waals surface area contributed by atoms with Crippen molar-refractivity contribution >= 4 is 0 Å². The number of nitrogens with one attached hydrogen (secondary N) is 1. The molecule has 1 aromatic rings. The van der Waals surface area contributed by atoms with Gasteiger partial charge < -0.3 is 14.5 Å². The monoisotopic (exact) mass is 111 g/mol. The number of aromatic nitrogens is 1. The molecule has 3 nitrogen and oxygen atoms in total. The number of hydrogen-bond acceptors (Lipinski definition) is 2. The zero-order chi connectivity index (χ0) is 5.40. The molecule has 0 amide bonds. The normalized spacial score (nSPS) is 14.5. The third kappa shape index (κ3) is 0.332. The summed E-state index contributed by atoms with van der Waals surface area (Å²) in [6, 6.07) is 0. The van der Waals surface area contributed by atoms with Crippen LogP contribution in [-0.4, -0.2) is 11.8 Å². The summed E-state index contributed by atoms with van der Waals surface area (Å²) in [5.41, 5.74) is 0. The lowest BCUT2D eigenvalue weighted by Crippen LogP contribution is -1.93. The molecule has 1 aliphatic heterocycles. The lowest BCUT2D eigenvalue weighted by atomic mass is 10.6. The Morgan fingerprint density at radius 2 is 1.88 bits per heavy atom. The van der Waals surface area contributed by atoms with Crippen molar-refractivity contribution in [3.05, 3.63) is 12.4 Å². The Bertz CT molecular complexity index is 176. The third-order valence-corrected chi connectivity index (χ3v) is 1.10. The van der Waals surface area contributed by atoms with Gasteiger partial charge in [-0.25, -0.2) is 0 Å². The standard InChI is InChI=1S/C5H5NO2/c1-4-5(2-6-1)8-3-7-4/h1-2,6H,3H2. The second-order valence-corrected chi connectivity index (χ2v) is 1.59. The topological polar surface area (TPSA) is 34.2 Å². The fraction of sp³-hybridized carbons (Fsp3) is 0.200. The van der Waals surface area contributed by atoms with E-state index in [1.54, 1.807) is 12.4 Å². The lowest BCUT2D eigenvalue weighted by Gasteiger charge is -1.86. The van der Waals surface area contributed by atoms with Gasteiger partial charge in [-0.2, -0.15) is 0 Å². The second-order valence-electron chi connectivity index (χ2n) is 1.59. The maximum Gasteiger partial charge on any atom is 0.231 e. The van der Waals surface area contributed by atoms with Crippen LogP contribution in [0.5, 0.6) is 11.5 Å². The highest BCUT2D eigenvalue weighted by Crippen LogP contribution is 2.30. The van der Waals surface area contributed by atoms with Crippen LogP contribution in [0.15, 0.2) is 12.4 Å². The third-order valence-electron chi connectivity index (χ3n) is 1.10. The van der Waals surface area contributed by atoms with E-state index in [1.165, 1.54) is 0 Å². The molecule has 0 fully saturated rings. The van der Waals surface area contributed by atoms with Crippen molar-refractivity contribution in [1.82, 2.24) is 4.98 Å². The van der Waals surface area contributed by atoms with Gasteiger partial charge in [-0.15, -0.1) is 0 Å². The van der Waals surface area contributed by atoms with E-state index in [0.717, 1.165) is 11.5 Å². The molecule has 8 heavy (non-hydrogen) atoms. The van der Waals surface area contributed by atoms with E-state index in [0.29, 0.717) is 6.79 Å². The van der Waals surface area contributed by atoms with E-state index in [2.05, 4.69) is 4.98 Å². The van der Waals surface area contributed by atoms with Crippen molar-refractivity contribution in [2.45, 2.75) is 0 Å². The van der Waals surface area contributed by atoms with Crippen molar-refractivity contribution < 1.29 is 9.47 Å². The van der Waals surface area contributed by atoms with Gasteiger partial charge in [0, 0.05) is 12.4 Å². The zero-order valence-corrected chi connectivity index (χ0v) is 4.18. The largest absolute Gasteiger partial charge is 0.452 e. The molecule has 0 saturated carbocycles. The Balaban J connectivity index is 2.54. The van der Waals surface area contributed by atoms with Crippen LogP contribution in [-0.2, 0) is 0 Å². The SMILES string of the molecule is c1[nH]cc2c1OCO2. The molecule has 0 aromatic carbocycles. The quantitative estimate of drug-likeness (QED) is 0.535. The Morgan fingerprint density at radius 1 is 1.25 bits per heavy atom. The highest BCUT2D eigenvalue weighted by Gasteiger charge is 2.11. The zero-order valence-electron chi connectivity index (χ0n) is 4.18. The molecule has 0 atom stereocenters. The first-order valence-corrected chi connectivity index (χ1v) is 2.39. The lowest BCUT2D eigenvalue weighted by molar-refractivity contribution is 0.172. The number of aromatic amines is 1. The van der Waals surface area contributed by atoms with Crippen LogP contribution >= 0.6 is 0 Å². The Hall–Kier alpha value is -1.12. The summed E-state index contributed by atoms with van der Waals surface area (Å²) in [4.78, 5) is 2.85. The predicted octanol–water partition coefficient (Wildman–Crippen LogP) is 0.743. The molecular weight excluding hydrogens is 106 g/mol. The van der Waals surface area contributed by atoms with Crippen LogP contribution < -0.4 is 9.47 Å².